The number of aliphatic carboxylic acids is 1. The van der Waals surface area contributed by atoms with E-state index in [9.17, 15) is 4.79 Å². The van der Waals surface area contributed by atoms with Gasteiger partial charge in [-0.3, -0.25) is 0 Å². The number of halogens is 1. The van der Waals surface area contributed by atoms with Crippen molar-refractivity contribution in [2.45, 2.75) is 43.4 Å². The van der Waals surface area contributed by atoms with Crippen LogP contribution in [0.4, 0.5) is 0 Å². The Balaban J connectivity index is 1.90. The molecule has 0 aliphatic carbocycles. The van der Waals surface area contributed by atoms with Crippen LogP contribution in [0.2, 0.25) is 0 Å². The fourth-order valence-corrected chi connectivity index (χ4v) is 3.76. The molecule has 2 saturated heterocycles. The van der Waals surface area contributed by atoms with Gasteiger partial charge in [-0.05, 0) is 43.4 Å². The molecular formula is C15H18BrNO3. The number of carbonyl (C=O) groups is 1. The summed E-state index contributed by atoms with van der Waals surface area (Å²) >= 11 is 3.44. The van der Waals surface area contributed by atoms with Crippen LogP contribution < -0.4 is 5.32 Å². The van der Waals surface area contributed by atoms with Crippen molar-refractivity contribution >= 4 is 21.9 Å². The van der Waals surface area contributed by atoms with Crippen LogP contribution in [-0.4, -0.2) is 29.8 Å². The van der Waals surface area contributed by atoms with Gasteiger partial charge >= 0.3 is 5.97 Å². The second-order valence-electron chi connectivity index (χ2n) is 5.73. The average Bonchev–Trinajstić information content (AvgIpc) is 2.77. The smallest absolute Gasteiger partial charge is 0.329 e. The number of ether oxygens (including phenoxy) is 1. The largest absolute Gasteiger partial charge is 0.480 e. The molecule has 0 spiro atoms. The molecule has 2 bridgehead atoms. The summed E-state index contributed by atoms with van der Waals surface area (Å²) in [5.41, 5.74) is 0.622. The molecule has 2 fully saturated rings. The number of hydrogen-bond acceptors (Lipinski definition) is 3. The highest BCUT2D eigenvalue weighted by Gasteiger charge is 2.45. The first-order valence-electron chi connectivity index (χ1n) is 6.95. The fourth-order valence-electron chi connectivity index (χ4n) is 3.49. The molecule has 5 heteroatoms. The van der Waals surface area contributed by atoms with Crippen molar-refractivity contribution in [2.75, 3.05) is 6.61 Å². The van der Waals surface area contributed by atoms with Crippen molar-refractivity contribution in [1.29, 1.82) is 0 Å². The summed E-state index contributed by atoms with van der Waals surface area (Å²) in [7, 11) is 0. The van der Waals surface area contributed by atoms with Gasteiger partial charge in [0.2, 0.25) is 0 Å². The van der Waals surface area contributed by atoms with Crippen molar-refractivity contribution in [2.24, 2.45) is 0 Å². The van der Waals surface area contributed by atoms with Gasteiger partial charge in [0.25, 0.3) is 0 Å². The lowest BCUT2D eigenvalue weighted by Crippen LogP contribution is -2.48. The molecule has 1 aromatic carbocycles. The molecule has 1 aromatic rings. The summed E-state index contributed by atoms with van der Waals surface area (Å²) < 4.78 is 6.90. The lowest BCUT2D eigenvalue weighted by Gasteiger charge is -2.41. The van der Waals surface area contributed by atoms with Crippen molar-refractivity contribution < 1.29 is 14.6 Å². The van der Waals surface area contributed by atoms with Crippen LogP contribution >= 0.6 is 15.9 Å². The normalized spacial score (nSPS) is 32.2. The Labute approximate surface area is 126 Å². The van der Waals surface area contributed by atoms with Crippen LogP contribution in [0.3, 0.4) is 0 Å². The van der Waals surface area contributed by atoms with Crippen LogP contribution in [0.1, 0.15) is 31.2 Å². The van der Waals surface area contributed by atoms with Gasteiger partial charge in [0.1, 0.15) is 6.61 Å². The van der Waals surface area contributed by atoms with Gasteiger partial charge in [-0.15, -0.1) is 0 Å². The predicted octanol–water partition coefficient (Wildman–Crippen LogP) is 2.66. The number of benzene rings is 1. The molecule has 2 heterocycles. The number of carboxylic acids is 1. The predicted molar refractivity (Wildman–Crippen MR) is 78.6 cm³/mol. The van der Waals surface area contributed by atoms with E-state index in [1.165, 1.54) is 0 Å². The summed E-state index contributed by atoms with van der Waals surface area (Å²) in [5, 5.41) is 12.5. The van der Waals surface area contributed by atoms with Crippen LogP contribution in [0.15, 0.2) is 28.7 Å². The molecular weight excluding hydrogens is 322 g/mol. The molecule has 0 saturated carbocycles. The number of hydrogen-bond donors (Lipinski definition) is 2. The van der Waals surface area contributed by atoms with Gasteiger partial charge in [0.05, 0.1) is 5.60 Å². The minimum atomic E-state index is -0.910. The minimum Gasteiger partial charge on any atom is -0.480 e. The maximum atomic E-state index is 10.9. The molecule has 2 N–H and O–H groups in total. The maximum Gasteiger partial charge on any atom is 0.329 e. The number of carboxylic acid groups (broad SMARTS) is 1. The first kappa shape index (κ1) is 14.0. The lowest BCUT2D eigenvalue weighted by molar-refractivity contribution is -0.154. The van der Waals surface area contributed by atoms with Crippen LogP contribution in [-0.2, 0) is 15.1 Å². The van der Waals surface area contributed by atoms with Crippen molar-refractivity contribution in [3.05, 3.63) is 34.3 Å². The van der Waals surface area contributed by atoms with Crippen molar-refractivity contribution in [3.8, 4) is 0 Å². The molecule has 4 nitrogen and oxygen atoms in total. The van der Waals surface area contributed by atoms with E-state index in [1.807, 2.05) is 24.3 Å². The Morgan fingerprint density at radius 1 is 1.30 bits per heavy atom. The van der Waals surface area contributed by atoms with Gasteiger partial charge in [-0.2, -0.15) is 0 Å². The third-order valence-electron chi connectivity index (χ3n) is 4.33. The van der Waals surface area contributed by atoms with E-state index in [-0.39, 0.29) is 6.61 Å². The van der Waals surface area contributed by atoms with Crippen LogP contribution in [0, 0.1) is 0 Å². The SMILES string of the molecule is O=C(O)COC1(c2ccc(Br)cc2)CC2CCC(C1)N2. The summed E-state index contributed by atoms with van der Waals surface area (Å²) in [4.78, 5) is 10.9. The summed E-state index contributed by atoms with van der Waals surface area (Å²) in [6.07, 6.45) is 4.00. The molecule has 20 heavy (non-hydrogen) atoms. The van der Waals surface area contributed by atoms with Gasteiger partial charge in [-0.1, -0.05) is 28.1 Å². The Morgan fingerprint density at radius 3 is 2.45 bits per heavy atom. The van der Waals surface area contributed by atoms with Crippen molar-refractivity contribution in [3.63, 3.8) is 0 Å². The number of rotatable bonds is 4. The molecule has 3 rings (SSSR count). The molecule has 0 radical (unpaired) electrons. The van der Waals surface area contributed by atoms with E-state index in [2.05, 4.69) is 21.2 Å². The van der Waals surface area contributed by atoms with Gasteiger partial charge in [0, 0.05) is 16.6 Å². The van der Waals surface area contributed by atoms with Gasteiger partial charge in [-0.25, -0.2) is 4.79 Å². The monoisotopic (exact) mass is 339 g/mol. The molecule has 2 atom stereocenters. The topological polar surface area (TPSA) is 58.6 Å². The summed E-state index contributed by atoms with van der Waals surface area (Å²) in [5.74, 6) is -0.910. The number of piperidine rings is 1. The van der Waals surface area contributed by atoms with Crippen LogP contribution in [0.5, 0.6) is 0 Å². The second kappa shape index (κ2) is 5.47. The van der Waals surface area contributed by atoms with Crippen LogP contribution in [0.25, 0.3) is 0 Å². The zero-order valence-corrected chi connectivity index (χ0v) is 12.7. The standard InChI is InChI=1S/C15H18BrNO3/c16-11-3-1-10(2-4-11)15(20-9-14(18)19)7-12-5-6-13(8-15)17-12/h1-4,12-13,17H,5-9H2,(H,18,19). The highest BCUT2D eigenvalue weighted by atomic mass is 79.9. The lowest BCUT2D eigenvalue weighted by atomic mass is 9.81. The molecule has 0 amide bonds. The molecule has 2 aliphatic rings. The maximum absolute atomic E-state index is 10.9. The first-order valence-corrected chi connectivity index (χ1v) is 7.74. The fraction of sp³-hybridized carbons (Fsp3) is 0.533. The summed E-state index contributed by atoms with van der Waals surface area (Å²) in [6, 6.07) is 8.93. The molecule has 108 valence electrons. The summed E-state index contributed by atoms with van der Waals surface area (Å²) in [6.45, 7) is -0.241. The molecule has 0 aromatic heterocycles. The quantitative estimate of drug-likeness (QED) is 0.885. The minimum absolute atomic E-state index is 0.241. The van der Waals surface area contributed by atoms with Gasteiger partial charge in [0.15, 0.2) is 0 Å². The van der Waals surface area contributed by atoms with E-state index in [4.69, 9.17) is 9.84 Å². The first-order chi connectivity index (χ1) is 9.57. The Hall–Kier alpha value is -0.910. The highest BCUT2D eigenvalue weighted by Crippen LogP contribution is 2.43. The van der Waals surface area contributed by atoms with E-state index < -0.39 is 11.6 Å². The van der Waals surface area contributed by atoms with Crippen molar-refractivity contribution in [1.82, 2.24) is 5.32 Å². The Bertz CT molecular complexity index is 490. The average molecular weight is 340 g/mol. The molecule has 2 unspecified atom stereocenters. The third-order valence-corrected chi connectivity index (χ3v) is 4.86. The molecule has 2 aliphatic heterocycles. The third kappa shape index (κ3) is 2.75. The second-order valence-corrected chi connectivity index (χ2v) is 6.65. The number of fused-ring (bicyclic) bond motifs is 2. The zero-order valence-electron chi connectivity index (χ0n) is 11.1. The van der Waals surface area contributed by atoms with Gasteiger partial charge < -0.3 is 15.2 Å². The Morgan fingerprint density at radius 2 is 1.90 bits per heavy atom. The number of nitrogens with one attached hydrogen (secondary N) is 1. The van der Waals surface area contributed by atoms with E-state index >= 15 is 0 Å². The zero-order chi connectivity index (χ0) is 14.2. The van der Waals surface area contributed by atoms with E-state index in [0.717, 1.165) is 35.7 Å². The highest BCUT2D eigenvalue weighted by molar-refractivity contribution is 9.10. The Kier molecular flexibility index (Phi) is 3.84. The van der Waals surface area contributed by atoms with E-state index in [0.29, 0.717) is 12.1 Å². The van der Waals surface area contributed by atoms with E-state index in [1.54, 1.807) is 0 Å².